The molecular formula is C29H46N2O5. The van der Waals surface area contributed by atoms with Crippen molar-refractivity contribution in [2.75, 3.05) is 26.3 Å². The summed E-state index contributed by atoms with van der Waals surface area (Å²) in [6, 6.07) is 1.90. The Morgan fingerprint density at radius 1 is 1.08 bits per heavy atom. The molecular weight excluding hydrogens is 456 g/mol. The molecule has 7 nitrogen and oxygen atoms in total. The Labute approximate surface area is 215 Å². The van der Waals surface area contributed by atoms with E-state index < -0.39 is 16.8 Å². The second kappa shape index (κ2) is 9.83. The zero-order chi connectivity index (χ0) is 25.6. The van der Waals surface area contributed by atoms with E-state index in [-0.39, 0.29) is 23.4 Å². The van der Waals surface area contributed by atoms with Gasteiger partial charge in [-0.2, -0.15) is 0 Å². The first-order valence-electron chi connectivity index (χ1n) is 14.0. The van der Waals surface area contributed by atoms with Crippen LogP contribution >= 0.6 is 0 Å². The number of fused-ring (bicyclic) bond motifs is 5. The van der Waals surface area contributed by atoms with Crippen molar-refractivity contribution in [1.29, 1.82) is 0 Å². The van der Waals surface area contributed by atoms with Crippen LogP contribution in [-0.2, 0) is 9.47 Å². The maximum Gasteiger partial charge on any atom is 0.173 e. The molecule has 4 aliphatic rings. The fraction of sp³-hybridized carbons (Fsp3) is 0.793. The van der Waals surface area contributed by atoms with Gasteiger partial charge in [0.2, 0.25) is 0 Å². The van der Waals surface area contributed by atoms with Gasteiger partial charge in [-0.1, -0.05) is 25.5 Å². The number of aliphatic hydroxyl groups is 2. The lowest BCUT2D eigenvalue weighted by Gasteiger charge is -2.62. The molecule has 202 valence electrons. The van der Waals surface area contributed by atoms with E-state index in [1.807, 2.05) is 6.07 Å². The lowest BCUT2D eigenvalue weighted by molar-refractivity contribution is -0.307. The van der Waals surface area contributed by atoms with Crippen LogP contribution in [-0.4, -0.2) is 54.0 Å². The maximum absolute atomic E-state index is 12.4. The molecule has 3 fully saturated rings. The minimum absolute atomic E-state index is 0.0510. The van der Waals surface area contributed by atoms with Gasteiger partial charge in [0.05, 0.1) is 36.3 Å². The van der Waals surface area contributed by atoms with E-state index in [2.05, 4.69) is 19.9 Å². The minimum atomic E-state index is -1.37. The number of allylic oxidation sites excluding steroid dienone is 1. The average molecular weight is 503 g/mol. The van der Waals surface area contributed by atoms with Crippen molar-refractivity contribution in [3.05, 3.63) is 35.8 Å². The third-order valence-electron chi connectivity index (χ3n) is 10.8. The van der Waals surface area contributed by atoms with Gasteiger partial charge in [0.15, 0.2) is 5.79 Å². The quantitative estimate of drug-likeness (QED) is 0.230. The van der Waals surface area contributed by atoms with Crippen molar-refractivity contribution in [3.8, 4) is 0 Å². The molecule has 0 saturated heterocycles. The number of rotatable bonds is 9. The first kappa shape index (κ1) is 26.4. The predicted molar refractivity (Wildman–Crippen MR) is 138 cm³/mol. The smallest absolute Gasteiger partial charge is 0.173 e. The maximum atomic E-state index is 12.4. The topological polar surface area (TPSA) is 124 Å². The fourth-order valence-corrected chi connectivity index (χ4v) is 8.37. The molecule has 8 atom stereocenters. The molecule has 36 heavy (non-hydrogen) atoms. The van der Waals surface area contributed by atoms with Gasteiger partial charge < -0.3 is 35.6 Å². The monoisotopic (exact) mass is 502 g/mol. The van der Waals surface area contributed by atoms with Crippen molar-refractivity contribution in [3.63, 3.8) is 0 Å². The molecule has 6 N–H and O–H groups in total. The summed E-state index contributed by atoms with van der Waals surface area (Å²) < 4.78 is 17.6. The summed E-state index contributed by atoms with van der Waals surface area (Å²) in [4.78, 5) is 0. The highest BCUT2D eigenvalue weighted by atomic mass is 16.6. The molecule has 1 heterocycles. The highest BCUT2D eigenvalue weighted by Gasteiger charge is 2.72. The van der Waals surface area contributed by atoms with E-state index in [4.69, 9.17) is 25.4 Å². The molecule has 0 aromatic carbocycles. The molecule has 0 aliphatic heterocycles. The Morgan fingerprint density at radius 2 is 1.92 bits per heavy atom. The van der Waals surface area contributed by atoms with Crippen LogP contribution in [0.2, 0.25) is 0 Å². The Balaban J connectivity index is 1.33. The standard InChI is InChI=1S/C29H46N2O5/c1-26-9-6-23(35-14-3-13-30)16-22(26)4-5-25-24(26)7-10-27(2)28(25,32)11-12-29(27,33)36-19-21(17-31)20-8-15-34-18-20/h8,15-16,18,21,23-25,32-33H,3-7,9-14,17,19,30-31H2,1-2H3/t21?,23-,24-,25+,26-,27-,28-,29+/m0/s1. The van der Waals surface area contributed by atoms with Crippen molar-refractivity contribution in [2.24, 2.45) is 34.1 Å². The van der Waals surface area contributed by atoms with Crippen LogP contribution in [0.4, 0.5) is 0 Å². The van der Waals surface area contributed by atoms with Crippen molar-refractivity contribution in [2.45, 2.75) is 95.0 Å². The van der Waals surface area contributed by atoms with Gasteiger partial charge >= 0.3 is 0 Å². The summed E-state index contributed by atoms with van der Waals surface area (Å²) in [5.41, 5.74) is 12.6. The summed E-state index contributed by atoms with van der Waals surface area (Å²) in [6.07, 6.45) is 13.6. The van der Waals surface area contributed by atoms with E-state index in [0.29, 0.717) is 38.5 Å². The second-order valence-electron chi connectivity index (χ2n) is 12.3. The normalized spacial score (nSPS) is 42.8. The Hall–Kier alpha value is -1.22. The summed E-state index contributed by atoms with van der Waals surface area (Å²) >= 11 is 0. The van der Waals surface area contributed by atoms with Crippen molar-refractivity contribution >= 4 is 0 Å². The largest absolute Gasteiger partial charge is 0.472 e. The van der Waals surface area contributed by atoms with Crippen LogP contribution in [0.15, 0.2) is 34.7 Å². The molecule has 1 unspecified atom stereocenters. The zero-order valence-electron chi connectivity index (χ0n) is 22.1. The minimum Gasteiger partial charge on any atom is -0.472 e. The van der Waals surface area contributed by atoms with Gasteiger partial charge in [0.1, 0.15) is 0 Å². The average Bonchev–Trinajstić information content (AvgIpc) is 3.47. The lowest BCUT2D eigenvalue weighted by atomic mass is 9.45. The van der Waals surface area contributed by atoms with E-state index in [0.717, 1.165) is 57.1 Å². The summed E-state index contributed by atoms with van der Waals surface area (Å²) in [7, 11) is 0. The van der Waals surface area contributed by atoms with E-state index in [1.165, 1.54) is 5.57 Å². The Morgan fingerprint density at radius 3 is 2.64 bits per heavy atom. The van der Waals surface area contributed by atoms with Crippen LogP contribution in [0.1, 0.15) is 83.1 Å². The molecule has 0 radical (unpaired) electrons. The van der Waals surface area contributed by atoms with Gasteiger partial charge in [-0.25, -0.2) is 0 Å². The summed E-state index contributed by atoms with van der Waals surface area (Å²) in [6.45, 7) is 6.56. The third kappa shape index (κ3) is 4.02. The molecule has 0 spiro atoms. The predicted octanol–water partition coefficient (Wildman–Crippen LogP) is 3.84. The first-order valence-corrected chi connectivity index (χ1v) is 14.0. The molecule has 0 amide bonds. The number of nitrogens with two attached hydrogens (primary N) is 2. The van der Waals surface area contributed by atoms with Crippen LogP contribution in [0, 0.1) is 22.7 Å². The summed E-state index contributed by atoms with van der Waals surface area (Å²) in [5, 5.41) is 24.3. The Kier molecular flexibility index (Phi) is 7.20. The van der Waals surface area contributed by atoms with Gasteiger partial charge in [-0.15, -0.1) is 0 Å². The molecule has 0 bridgehead atoms. The van der Waals surface area contributed by atoms with Crippen LogP contribution in [0.25, 0.3) is 0 Å². The van der Waals surface area contributed by atoms with Crippen molar-refractivity contribution < 1.29 is 24.1 Å². The molecule has 7 heteroatoms. The Bertz CT molecular complexity index is 936. The first-order chi connectivity index (χ1) is 17.2. The number of furan rings is 1. The van der Waals surface area contributed by atoms with Gasteiger partial charge in [0.25, 0.3) is 0 Å². The molecule has 1 aromatic rings. The van der Waals surface area contributed by atoms with Gasteiger partial charge in [0, 0.05) is 25.5 Å². The SMILES string of the molecule is C[C@]12CC[C@H]3[C@@H](CCC4=C[C@@H](OCCCN)CC[C@@]43C)[C@@]1(O)CC[C@@]2(O)OCC(CN)c1ccoc1. The fourth-order valence-electron chi connectivity index (χ4n) is 8.37. The molecule has 3 saturated carbocycles. The number of hydrogen-bond donors (Lipinski definition) is 4. The zero-order valence-corrected chi connectivity index (χ0v) is 22.1. The van der Waals surface area contributed by atoms with E-state index >= 15 is 0 Å². The van der Waals surface area contributed by atoms with Gasteiger partial charge in [-0.05, 0) is 86.8 Å². The highest BCUT2D eigenvalue weighted by Crippen LogP contribution is 2.69. The summed E-state index contributed by atoms with van der Waals surface area (Å²) in [5.74, 6) is -0.851. The second-order valence-corrected chi connectivity index (χ2v) is 12.3. The molecule has 1 aromatic heterocycles. The third-order valence-corrected chi connectivity index (χ3v) is 10.8. The van der Waals surface area contributed by atoms with Crippen LogP contribution in [0.5, 0.6) is 0 Å². The molecule has 5 rings (SSSR count). The van der Waals surface area contributed by atoms with Gasteiger partial charge in [-0.3, -0.25) is 0 Å². The van der Waals surface area contributed by atoms with Crippen LogP contribution in [0.3, 0.4) is 0 Å². The van der Waals surface area contributed by atoms with E-state index in [1.54, 1.807) is 12.5 Å². The number of ether oxygens (including phenoxy) is 2. The van der Waals surface area contributed by atoms with Crippen LogP contribution < -0.4 is 11.5 Å². The number of hydrogen-bond acceptors (Lipinski definition) is 7. The van der Waals surface area contributed by atoms with E-state index in [9.17, 15) is 10.2 Å². The molecule has 4 aliphatic carbocycles. The van der Waals surface area contributed by atoms with Crippen molar-refractivity contribution in [1.82, 2.24) is 0 Å². The highest BCUT2D eigenvalue weighted by molar-refractivity contribution is 5.28. The lowest BCUT2D eigenvalue weighted by Crippen LogP contribution is -2.65.